The van der Waals surface area contributed by atoms with Crippen LogP contribution in [0.25, 0.3) is 0 Å². The van der Waals surface area contributed by atoms with Crippen LogP contribution in [0.1, 0.15) is 33.6 Å². The topological polar surface area (TPSA) is 330 Å². The quantitative estimate of drug-likeness (QED) is 0.0270. The highest BCUT2D eigenvalue weighted by Gasteiger charge is 2.46. The van der Waals surface area contributed by atoms with Crippen molar-refractivity contribution < 1.29 is 97.2 Å². The van der Waals surface area contributed by atoms with Crippen molar-refractivity contribution in [3.05, 3.63) is 0 Å². The molecule has 10 atom stereocenters. The van der Waals surface area contributed by atoms with Gasteiger partial charge >= 0.3 is 0 Å². The Bertz CT molecular complexity index is 1150. The minimum Gasteiger partial charge on any atom is -0.394 e. The predicted molar refractivity (Wildman–Crippen MR) is 212 cm³/mol. The summed E-state index contributed by atoms with van der Waals surface area (Å²) in [7, 11) is 0. The first kappa shape index (κ1) is 55.4. The summed E-state index contributed by atoms with van der Waals surface area (Å²) in [4.78, 5) is 47.1. The zero-order valence-corrected chi connectivity index (χ0v) is 35.9. The fourth-order valence-corrected chi connectivity index (χ4v) is 5.96. The SMILES string of the molecule is CC(=O)N[C@H]1[C@H](OCCOCCOCCNC(=O)CCOCC(C)COCCC(=O)NCCOCCOCCO[C@@H]2O[C@H](CO)[C@H](O)[C@H](O)[C@H]2NC(C)=O)O[C@H](CO)[C@H](O)[C@@H]1O. The number of nitrogens with one attached hydrogen (secondary N) is 4. The third kappa shape index (κ3) is 22.7. The van der Waals surface area contributed by atoms with Gasteiger partial charge in [0.2, 0.25) is 23.6 Å². The number of aliphatic hydroxyl groups is 6. The second-order valence-corrected chi connectivity index (χ2v) is 14.5. The van der Waals surface area contributed by atoms with Gasteiger partial charge < -0.3 is 99.3 Å². The zero-order chi connectivity index (χ0) is 45.7. The first-order valence-corrected chi connectivity index (χ1v) is 20.8. The molecule has 62 heavy (non-hydrogen) atoms. The summed E-state index contributed by atoms with van der Waals surface area (Å²) in [6, 6.07) is -2.06. The predicted octanol–water partition coefficient (Wildman–Crippen LogP) is -5.34. The Kier molecular flexibility index (Phi) is 29.3. The lowest BCUT2D eigenvalue weighted by molar-refractivity contribution is -0.272. The third-order valence-corrected chi connectivity index (χ3v) is 9.15. The molecule has 0 radical (unpaired) electrons. The Hall–Kier alpha value is -2.76. The Morgan fingerprint density at radius 2 is 0.871 bits per heavy atom. The van der Waals surface area contributed by atoms with Gasteiger partial charge in [-0.05, 0) is 0 Å². The van der Waals surface area contributed by atoms with E-state index >= 15 is 0 Å². The molecular formula is C38H70N4O20. The fraction of sp³-hybridized carbons (Fsp3) is 0.895. The van der Waals surface area contributed by atoms with Gasteiger partial charge in [-0.25, -0.2) is 0 Å². The van der Waals surface area contributed by atoms with Crippen LogP contribution in [0.2, 0.25) is 0 Å². The molecule has 10 N–H and O–H groups in total. The second kappa shape index (κ2) is 32.8. The van der Waals surface area contributed by atoms with Crippen molar-refractivity contribution in [1.29, 1.82) is 0 Å². The first-order valence-electron chi connectivity index (χ1n) is 20.8. The van der Waals surface area contributed by atoms with Crippen LogP contribution in [0.4, 0.5) is 0 Å². The van der Waals surface area contributed by atoms with Gasteiger partial charge in [0.15, 0.2) is 12.6 Å². The van der Waals surface area contributed by atoms with E-state index in [2.05, 4.69) is 21.3 Å². The van der Waals surface area contributed by atoms with E-state index in [0.29, 0.717) is 26.3 Å². The van der Waals surface area contributed by atoms with Crippen LogP contribution in [-0.4, -0.2) is 234 Å². The van der Waals surface area contributed by atoms with Gasteiger partial charge in [0.1, 0.15) is 48.7 Å². The molecule has 2 aliphatic rings. The Morgan fingerprint density at radius 3 is 1.23 bits per heavy atom. The van der Waals surface area contributed by atoms with Crippen molar-refractivity contribution in [2.24, 2.45) is 5.92 Å². The molecule has 0 saturated carbocycles. The van der Waals surface area contributed by atoms with E-state index in [1.807, 2.05) is 6.92 Å². The summed E-state index contributed by atoms with van der Waals surface area (Å²) in [5.41, 5.74) is 0. The van der Waals surface area contributed by atoms with Gasteiger partial charge in [0.25, 0.3) is 0 Å². The molecule has 0 spiro atoms. The molecule has 2 fully saturated rings. The number of amides is 4. The Morgan fingerprint density at radius 1 is 0.516 bits per heavy atom. The maximum atomic E-state index is 12.1. The summed E-state index contributed by atoms with van der Waals surface area (Å²) < 4.78 is 55.0. The van der Waals surface area contributed by atoms with Crippen LogP contribution in [0.3, 0.4) is 0 Å². The molecule has 0 aromatic carbocycles. The van der Waals surface area contributed by atoms with Crippen molar-refractivity contribution in [3.8, 4) is 0 Å². The van der Waals surface area contributed by atoms with Gasteiger partial charge in [-0.2, -0.15) is 0 Å². The van der Waals surface area contributed by atoms with E-state index in [9.17, 15) is 49.8 Å². The van der Waals surface area contributed by atoms with Crippen LogP contribution in [0.15, 0.2) is 0 Å². The fourth-order valence-electron chi connectivity index (χ4n) is 5.96. The van der Waals surface area contributed by atoms with Crippen LogP contribution in [0.5, 0.6) is 0 Å². The van der Waals surface area contributed by atoms with Gasteiger partial charge in [-0.3, -0.25) is 19.2 Å². The number of ether oxygens (including phenoxy) is 10. The van der Waals surface area contributed by atoms with Crippen molar-refractivity contribution in [2.45, 2.75) is 94.9 Å². The highest BCUT2D eigenvalue weighted by atomic mass is 16.7. The van der Waals surface area contributed by atoms with Gasteiger partial charge in [0.05, 0.1) is 106 Å². The Balaban J connectivity index is 1.36. The van der Waals surface area contributed by atoms with Gasteiger partial charge in [-0.15, -0.1) is 0 Å². The second-order valence-electron chi connectivity index (χ2n) is 14.5. The summed E-state index contributed by atoms with van der Waals surface area (Å²) in [6.07, 6.45) is -9.57. The highest BCUT2D eigenvalue weighted by molar-refractivity contribution is 5.76. The van der Waals surface area contributed by atoms with Crippen molar-refractivity contribution >= 4 is 23.6 Å². The van der Waals surface area contributed by atoms with Crippen LogP contribution < -0.4 is 21.3 Å². The van der Waals surface area contributed by atoms with E-state index in [1.165, 1.54) is 13.8 Å². The first-order chi connectivity index (χ1) is 29.8. The lowest BCUT2D eigenvalue weighted by atomic mass is 9.97. The number of hydrogen-bond donors (Lipinski definition) is 10. The zero-order valence-electron chi connectivity index (χ0n) is 35.9. The standard InChI is InChI=1S/C38H70N4O20/c1-24(22-57-8-4-29(47)39-6-10-53-12-14-55-16-18-59-37-31(41-25(2)45)35(51)33(49)27(20-43)61-37)23-58-9-5-30(48)40-7-11-54-13-15-56-17-19-60-38-32(42-26(3)46)36(52)34(50)28(21-44)62-38/h24,27-28,31-38,43-44,49-52H,4-23H2,1-3H3,(H,39,47)(H,40,48)(H,41,45)(H,42,46)/t27-,28-,31-,32-,33+,34+,35-,36-,37-,38-/m1/s1. The molecule has 0 aliphatic carbocycles. The number of carbonyl (C=O) groups is 4. The van der Waals surface area contributed by atoms with Crippen LogP contribution >= 0.6 is 0 Å². The molecule has 2 rings (SSSR count). The average molecular weight is 903 g/mol. The largest absolute Gasteiger partial charge is 0.394 e. The highest BCUT2D eigenvalue weighted by Crippen LogP contribution is 2.23. The molecule has 0 unspecified atom stereocenters. The molecule has 2 saturated heterocycles. The average Bonchev–Trinajstić information content (AvgIpc) is 3.23. The summed E-state index contributed by atoms with van der Waals surface area (Å²) in [5, 5.41) is 69.9. The molecule has 2 aliphatic heterocycles. The van der Waals surface area contributed by atoms with Crippen molar-refractivity contribution in [3.63, 3.8) is 0 Å². The summed E-state index contributed by atoms with van der Waals surface area (Å²) in [5.74, 6) is -1.22. The number of aliphatic hydroxyl groups excluding tert-OH is 6. The van der Waals surface area contributed by atoms with Gasteiger partial charge in [0, 0.05) is 45.7 Å². The molecule has 2 heterocycles. The van der Waals surface area contributed by atoms with Crippen molar-refractivity contribution in [2.75, 3.05) is 119 Å². The molecular weight excluding hydrogens is 832 g/mol. The summed E-state index contributed by atoms with van der Waals surface area (Å²) >= 11 is 0. The van der Waals surface area contributed by atoms with Gasteiger partial charge in [-0.1, -0.05) is 6.92 Å². The number of rotatable bonds is 34. The van der Waals surface area contributed by atoms with E-state index in [4.69, 9.17) is 47.4 Å². The molecule has 362 valence electrons. The van der Waals surface area contributed by atoms with E-state index in [-0.39, 0.29) is 110 Å². The van der Waals surface area contributed by atoms with Crippen LogP contribution in [0, 0.1) is 5.92 Å². The third-order valence-electron chi connectivity index (χ3n) is 9.15. The molecule has 24 nitrogen and oxygen atoms in total. The molecule has 0 aromatic rings. The lowest BCUT2D eigenvalue weighted by Crippen LogP contribution is -2.64. The van der Waals surface area contributed by atoms with E-state index < -0.39 is 86.3 Å². The minimum atomic E-state index is -1.40. The summed E-state index contributed by atoms with van der Waals surface area (Å²) in [6.45, 7) is 7.16. The van der Waals surface area contributed by atoms with E-state index in [0.717, 1.165) is 0 Å². The number of hydrogen-bond acceptors (Lipinski definition) is 20. The lowest BCUT2D eigenvalue weighted by Gasteiger charge is -2.42. The van der Waals surface area contributed by atoms with Crippen molar-refractivity contribution in [1.82, 2.24) is 21.3 Å². The monoisotopic (exact) mass is 902 g/mol. The smallest absolute Gasteiger partial charge is 0.222 e. The van der Waals surface area contributed by atoms with E-state index in [1.54, 1.807) is 0 Å². The minimum absolute atomic E-state index is 0.0470. The molecule has 24 heteroatoms. The molecule has 4 amide bonds. The maximum absolute atomic E-state index is 12.1. The Labute approximate surface area is 361 Å². The normalized spacial score (nSPS) is 26.3. The molecule has 0 aromatic heterocycles. The number of carbonyl (C=O) groups excluding carboxylic acids is 4. The molecule has 0 bridgehead atoms. The maximum Gasteiger partial charge on any atom is 0.222 e. The van der Waals surface area contributed by atoms with Crippen LogP contribution in [-0.2, 0) is 66.5 Å².